The predicted octanol–water partition coefficient (Wildman–Crippen LogP) is 4.42. The van der Waals surface area contributed by atoms with Crippen LogP contribution in [0.3, 0.4) is 0 Å². The number of benzene rings is 2. The summed E-state index contributed by atoms with van der Waals surface area (Å²) in [5.74, 6) is -0.522. The SMILES string of the molecule is N#Cc1cc(Br)cc(NC(=O)c2cc(N3CCCS3(=O)=O)cc(Cl)c2Cl)c1. The van der Waals surface area contributed by atoms with Gasteiger partial charge in [-0.15, -0.1) is 0 Å². The van der Waals surface area contributed by atoms with E-state index in [1.54, 1.807) is 12.1 Å². The minimum Gasteiger partial charge on any atom is -0.322 e. The van der Waals surface area contributed by atoms with Gasteiger partial charge in [0, 0.05) is 16.7 Å². The Hall–Kier alpha value is -1.79. The van der Waals surface area contributed by atoms with Gasteiger partial charge in [0.25, 0.3) is 5.91 Å². The maximum atomic E-state index is 12.7. The average molecular weight is 489 g/mol. The lowest BCUT2D eigenvalue weighted by atomic mass is 10.1. The number of amides is 1. The van der Waals surface area contributed by atoms with E-state index >= 15 is 0 Å². The molecule has 0 saturated carbocycles. The summed E-state index contributed by atoms with van der Waals surface area (Å²) in [5, 5.41) is 11.8. The van der Waals surface area contributed by atoms with Crippen molar-refractivity contribution in [2.24, 2.45) is 0 Å². The molecule has 1 aliphatic heterocycles. The highest BCUT2D eigenvalue weighted by molar-refractivity contribution is 9.10. The zero-order valence-electron chi connectivity index (χ0n) is 13.7. The Labute approximate surface area is 174 Å². The normalized spacial score (nSPS) is 15.4. The van der Waals surface area contributed by atoms with E-state index in [2.05, 4.69) is 21.2 Å². The lowest BCUT2D eigenvalue weighted by molar-refractivity contribution is 0.102. The van der Waals surface area contributed by atoms with Gasteiger partial charge in [0.15, 0.2) is 0 Å². The van der Waals surface area contributed by atoms with Crippen LogP contribution < -0.4 is 9.62 Å². The molecule has 3 rings (SSSR count). The lowest BCUT2D eigenvalue weighted by Crippen LogP contribution is -2.25. The van der Waals surface area contributed by atoms with Gasteiger partial charge in [-0.1, -0.05) is 39.1 Å². The molecule has 10 heteroatoms. The van der Waals surface area contributed by atoms with Crippen LogP contribution in [0.5, 0.6) is 0 Å². The second kappa shape index (κ2) is 7.68. The number of carbonyl (C=O) groups is 1. The number of sulfonamides is 1. The second-order valence-electron chi connectivity index (χ2n) is 5.83. The fraction of sp³-hybridized carbons (Fsp3) is 0.176. The molecule has 1 aliphatic rings. The Morgan fingerprint density at radius 3 is 2.59 bits per heavy atom. The monoisotopic (exact) mass is 487 g/mol. The van der Waals surface area contributed by atoms with E-state index in [0.717, 1.165) is 0 Å². The third-order valence-electron chi connectivity index (χ3n) is 3.93. The number of hydrogen-bond acceptors (Lipinski definition) is 4. The van der Waals surface area contributed by atoms with Gasteiger partial charge in [-0.25, -0.2) is 8.42 Å². The van der Waals surface area contributed by atoms with Crippen molar-refractivity contribution in [3.05, 3.63) is 56.0 Å². The Morgan fingerprint density at radius 1 is 1.22 bits per heavy atom. The molecule has 0 spiro atoms. The number of carbonyl (C=O) groups excluding carboxylic acids is 1. The number of anilines is 2. The fourth-order valence-electron chi connectivity index (χ4n) is 2.74. The van der Waals surface area contributed by atoms with Crippen molar-refractivity contribution in [2.75, 3.05) is 21.9 Å². The van der Waals surface area contributed by atoms with E-state index in [4.69, 9.17) is 28.5 Å². The molecule has 6 nitrogen and oxygen atoms in total. The van der Waals surface area contributed by atoms with E-state index in [0.29, 0.717) is 34.4 Å². The Bertz CT molecular complexity index is 1080. The topological polar surface area (TPSA) is 90.3 Å². The molecule has 0 aliphatic carbocycles. The molecule has 140 valence electrons. The van der Waals surface area contributed by atoms with Crippen LogP contribution in [-0.4, -0.2) is 26.6 Å². The summed E-state index contributed by atoms with van der Waals surface area (Å²) in [6.45, 7) is 0.318. The first kappa shape index (κ1) is 20.0. The molecule has 1 saturated heterocycles. The number of halogens is 3. The zero-order chi connectivity index (χ0) is 19.8. The van der Waals surface area contributed by atoms with Gasteiger partial charge >= 0.3 is 0 Å². The van der Waals surface area contributed by atoms with Crippen molar-refractivity contribution < 1.29 is 13.2 Å². The summed E-state index contributed by atoms with van der Waals surface area (Å²) in [6, 6.07) is 9.56. The summed E-state index contributed by atoms with van der Waals surface area (Å²) >= 11 is 15.6. The molecule has 27 heavy (non-hydrogen) atoms. The minimum absolute atomic E-state index is 0.0185. The summed E-state index contributed by atoms with van der Waals surface area (Å²) in [7, 11) is -3.43. The largest absolute Gasteiger partial charge is 0.322 e. The van der Waals surface area contributed by atoms with Crippen molar-refractivity contribution >= 4 is 66.4 Å². The van der Waals surface area contributed by atoms with Crippen LogP contribution >= 0.6 is 39.1 Å². The molecule has 1 heterocycles. The van der Waals surface area contributed by atoms with Crippen molar-refractivity contribution in [2.45, 2.75) is 6.42 Å². The van der Waals surface area contributed by atoms with Crippen molar-refractivity contribution in [3.63, 3.8) is 0 Å². The fourth-order valence-corrected chi connectivity index (χ4v) is 5.19. The number of hydrogen-bond donors (Lipinski definition) is 1. The molecular weight excluding hydrogens is 477 g/mol. The van der Waals surface area contributed by atoms with Crippen LogP contribution in [0.1, 0.15) is 22.3 Å². The summed E-state index contributed by atoms with van der Waals surface area (Å²) < 4.78 is 26.1. The number of nitrogens with one attached hydrogen (secondary N) is 1. The van der Waals surface area contributed by atoms with E-state index in [-0.39, 0.29) is 21.4 Å². The van der Waals surface area contributed by atoms with Crippen molar-refractivity contribution in [1.82, 2.24) is 0 Å². The van der Waals surface area contributed by atoms with Crippen LogP contribution in [0.25, 0.3) is 0 Å². The highest BCUT2D eigenvalue weighted by Gasteiger charge is 2.30. The Kier molecular flexibility index (Phi) is 5.68. The van der Waals surface area contributed by atoms with Gasteiger partial charge < -0.3 is 5.32 Å². The van der Waals surface area contributed by atoms with E-state index in [9.17, 15) is 13.2 Å². The molecule has 1 amide bonds. The first-order valence-electron chi connectivity index (χ1n) is 7.73. The number of nitrogens with zero attached hydrogens (tertiary/aromatic N) is 2. The minimum atomic E-state index is -3.43. The van der Waals surface area contributed by atoms with E-state index in [1.807, 2.05) is 6.07 Å². The van der Waals surface area contributed by atoms with Gasteiger partial charge in [-0.05, 0) is 36.8 Å². The van der Waals surface area contributed by atoms with Crippen LogP contribution in [-0.2, 0) is 10.0 Å². The zero-order valence-corrected chi connectivity index (χ0v) is 17.6. The molecule has 2 aromatic rings. The number of rotatable bonds is 3. The molecular formula is C17H12BrCl2N3O3S. The maximum absolute atomic E-state index is 12.7. The Balaban J connectivity index is 1.98. The maximum Gasteiger partial charge on any atom is 0.257 e. The van der Waals surface area contributed by atoms with Gasteiger partial charge in [-0.2, -0.15) is 5.26 Å². The van der Waals surface area contributed by atoms with Crippen molar-refractivity contribution in [3.8, 4) is 6.07 Å². The van der Waals surface area contributed by atoms with Gasteiger partial charge in [0.05, 0.1) is 38.7 Å². The smallest absolute Gasteiger partial charge is 0.257 e. The van der Waals surface area contributed by atoms with Crippen LogP contribution in [0.15, 0.2) is 34.8 Å². The number of nitriles is 1. The predicted molar refractivity (Wildman–Crippen MR) is 109 cm³/mol. The molecule has 2 aromatic carbocycles. The van der Waals surface area contributed by atoms with Crippen LogP contribution in [0.2, 0.25) is 10.0 Å². The molecule has 1 fully saturated rings. The summed E-state index contributed by atoms with van der Waals surface area (Å²) in [6.07, 6.45) is 0.499. The first-order chi connectivity index (χ1) is 12.7. The van der Waals surface area contributed by atoms with Gasteiger partial charge in [0.1, 0.15) is 0 Å². The highest BCUT2D eigenvalue weighted by Crippen LogP contribution is 2.34. The van der Waals surface area contributed by atoms with E-state index in [1.165, 1.54) is 22.5 Å². The molecule has 0 unspecified atom stereocenters. The quantitative estimate of drug-likeness (QED) is 0.692. The third-order valence-corrected chi connectivity index (χ3v) is 7.06. The average Bonchev–Trinajstić information content (AvgIpc) is 2.95. The molecule has 0 aromatic heterocycles. The third kappa shape index (κ3) is 4.22. The molecule has 0 radical (unpaired) electrons. The van der Waals surface area contributed by atoms with Crippen molar-refractivity contribution in [1.29, 1.82) is 5.26 Å². The summed E-state index contributed by atoms with van der Waals surface area (Å²) in [4.78, 5) is 12.7. The van der Waals surface area contributed by atoms with Gasteiger partial charge in [-0.3, -0.25) is 9.10 Å². The Morgan fingerprint density at radius 2 is 1.96 bits per heavy atom. The first-order valence-corrected chi connectivity index (χ1v) is 10.9. The lowest BCUT2D eigenvalue weighted by Gasteiger charge is -2.19. The second-order valence-corrected chi connectivity index (χ2v) is 9.54. The molecule has 0 atom stereocenters. The van der Waals surface area contributed by atoms with Crippen LogP contribution in [0.4, 0.5) is 11.4 Å². The molecule has 1 N–H and O–H groups in total. The summed E-state index contributed by atoms with van der Waals surface area (Å²) in [5.41, 5.74) is 1.08. The molecule has 0 bridgehead atoms. The standard InChI is InChI=1S/C17H12BrCl2N3O3S/c18-11-4-10(9-21)5-12(6-11)22-17(24)14-7-13(8-15(19)16(14)20)23-2-1-3-27(23,25)26/h4-8H,1-3H2,(H,22,24). The highest BCUT2D eigenvalue weighted by atomic mass is 79.9. The van der Waals surface area contributed by atoms with Crippen LogP contribution in [0, 0.1) is 11.3 Å². The van der Waals surface area contributed by atoms with E-state index < -0.39 is 15.9 Å². The van der Waals surface area contributed by atoms with Gasteiger partial charge in [0.2, 0.25) is 10.0 Å².